The van der Waals surface area contributed by atoms with Crippen LogP contribution in [0.15, 0.2) is 24.3 Å². The van der Waals surface area contributed by atoms with Crippen LogP contribution in [-0.4, -0.2) is 25.2 Å². The highest BCUT2D eigenvalue weighted by Gasteiger charge is 2.22. The van der Waals surface area contributed by atoms with Gasteiger partial charge in [0.25, 0.3) is 5.91 Å². The molecule has 0 saturated heterocycles. The van der Waals surface area contributed by atoms with Gasteiger partial charge < -0.3 is 14.8 Å². The average Bonchev–Trinajstić information content (AvgIpc) is 2.49. The molecule has 2 rings (SSSR count). The summed E-state index contributed by atoms with van der Waals surface area (Å²) < 4.78 is 11.1. The first-order valence-corrected chi connectivity index (χ1v) is 7.84. The van der Waals surface area contributed by atoms with Gasteiger partial charge in [-0.2, -0.15) is 0 Å². The van der Waals surface area contributed by atoms with E-state index in [0.29, 0.717) is 24.0 Å². The number of benzene rings is 1. The topological polar surface area (TPSA) is 47.6 Å². The third-order valence-corrected chi connectivity index (χ3v) is 3.97. The molecule has 1 aliphatic rings. The molecule has 0 bridgehead atoms. The van der Waals surface area contributed by atoms with Crippen LogP contribution in [0.25, 0.3) is 0 Å². The summed E-state index contributed by atoms with van der Waals surface area (Å²) in [6, 6.07) is 7.72. The third-order valence-electron chi connectivity index (χ3n) is 3.97. The van der Waals surface area contributed by atoms with Crippen molar-refractivity contribution in [2.75, 3.05) is 13.2 Å². The van der Waals surface area contributed by atoms with E-state index in [1.807, 2.05) is 31.2 Å². The fourth-order valence-corrected chi connectivity index (χ4v) is 2.77. The minimum absolute atomic E-state index is 0.0350. The van der Waals surface area contributed by atoms with Gasteiger partial charge in [0, 0.05) is 6.04 Å². The van der Waals surface area contributed by atoms with Crippen LogP contribution in [0.2, 0.25) is 0 Å². The Balaban J connectivity index is 1.83. The van der Waals surface area contributed by atoms with Crippen LogP contribution in [0.3, 0.4) is 0 Å². The molecule has 0 aliphatic heterocycles. The number of nitrogens with one attached hydrogen (secondary N) is 1. The minimum Gasteiger partial charge on any atom is -0.490 e. The quantitative estimate of drug-likeness (QED) is 0.876. The normalized spacial score (nSPS) is 21.6. The van der Waals surface area contributed by atoms with Crippen molar-refractivity contribution in [1.29, 1.82) is 0 Å². The maximum atomic E-state index is 12.0. The molecule has 1 saturated carbocycles. The van der Waals surface area contributed by atoms with Crippen molar-refractivity contribution in [2.45, 2.75) is 45.6 Å². The number of hydrogen-bond acceptors (Lipinski definition) is 3. The predicted octanol–water partition coefficient (Wildman–Crippen LogP) is 3.16. The van der Waals surface area contributed by atoms with Gasteiger partial charge in [-0.15, -0.1) is 0 Å². The summed E-state index contributed by atoms with van der Waals surface area (Å²) in [6.07, 6.45) is 4.73. The molecule has 1 N–H and O–H groups in total. The number of carbonyl (C=O) groups is 1. The molecule has 1 aromatic carbocycles. The molecule has 4 heteroatoms. The van der Waals surface area contributed by atoms with Gasteiger partial charge >= 0.3 is 0 Å². The lowest BCUT2D eigenvalue weighted by atomic mass is 9.86. The molecule has 0 radical (unpaired) electrons. The maximum absolute atomic E-state index is 12.0. The predicted molar refractivity (Wildman–Crippen MR) is 82.7 cm³/mol. The smallest absolute Gasteiger partial charge is 0.258 e. The van der Waals surface area contributed by atoms with Gasteiger partial charge in [0.1, 0.15) is 0 Å². The van der Waals surface area contributed by atoms with Crippen LogP contribution in [-0.2, 0) is 4.79 Å². The standard InChI is InChI=1S/C17H25NO3/c1-3-20-15-10-6-7-11-16(15)21-12-17(19)18-14-9-5-4-8-13(14)2/h6-7,10-11,13-14H,3-5,8-9,12H2,1-2H3,(H,18,19)/t13-,14+/m1/s1. The lowest BCUT2D eigenvalue weighted by Gasteiger charge is -2.29. The molecule has 1 amide bonds. The molecule has 0 unspecified atom stereocenters. The number of para-hydroxylation sites is 2. The van der Waals surface area contributed by atoms with E-state index in [9.17, 15) is 4.79 Å². The van der Waals surface area contributed by atoms with Crippen molar-refractivity contribution >= 4 is 5.91 Å². The van der Waals surface area contributed by atoms with Crippen LogP contribution in [0, 0.1) is 5.92 Å². The molecule has 1 fully saturated rings. The maximum Gasteiger partial charge on any atom is 0.258 e. The Hall–Kier alpha value is -1.71. The first kappa shape index (κ1) is 15.7. The molecule has 1 aliphatic carbocycles. The summed E-state index contributed by atoms with van der Waals surface area (Å²) in [5, 5.41) is 3.09. The summed E-state index contributed by atoms with van der Waals surface area (Å²) >= 11 is 0. The van der Waals surface area contributed by atoms with Crippen LogP contribution in [0.5, 0.6) is 11.5 Å². The van der Waals surface area contributed by atoms with Gasteiger partial charge in [-0.25, -0.2) is 0 Å². The summed E-state index contributed by atoms with van der Waals surface area (Å²) in [4.78, 5) is 12.0. The lowest BCUT2D eigenvalue weighted by molar-refractivity contribution is -0.124. The van der Waals surface area contributed by atoms with E-state index in [4.69, 9.17) is 9.47 Å². The van der Waals surface area contributed by atoms with E-state index in [1.54, 1.807) is 0 Å². The monoisotopic (exact) mass is 291 g/mol. The van der Waals surface area contributed by atoms with Gasteiger partial charge in [0.15, 0.2) is 18.1 Å². The van der Waals surface area contributed by atoms with Crippen molar-refractivity contribution in [1.82, 2.24) is 5.32 Å². The molecule has 21 heavy (non-hydrogen) atoms. The molecule has 4 nitrogen and oxygen atoms in total. The van der Waals surface area contributed by atoms with Crippen LogP contribution in [0.1, 0.15) is 39.5 Å². The Morgan fingerprint density at radius 2 is 1.86 bits per heavy atom. The second kappa shape index (κ2) is 7.91. The lowest BCUT2D eigenvalue weighted by Crippen LogP contribution is -2.43. The minimum atomic E-state index is -0.0555. The Morgan fingerprint density at radius 3 is 2.52 bits per heavy atom. The zero-order valence-corrected chi connectivity index (χ0v) is 12.9. The zero-order valence-electron chi connectivity index (χ0n) is 12.9. The molecule has 116 valence electrons. The number of rotatable bonds is 6. The van der Waals surface area contributed by atoms with Crippen molar-refractivity contribution in [3.8, 4) is 11.5 Å². The summed E-state index contributed by atoms with van der Waals surface area (Å²) in [5.41, 5.74) is 0. The van der Waals surface area contributed by atoms with E-state index in [1.165, 1.54) is 19.3 Å². The first-order valence-electron chi connectivity index (χ1n) is 7.84. The number of hydrogen-bond donors (Lipinski definition) is 1. The Kier molecular flexibility index (Phi) is 5.90. The summed E-state index contributed by atoms with van der Waals surface area (Å²) in [7, 11) is 0. The van der Waals surface area contributed by atoms with E-state index in [-0.39, 0.29) is 18.6 Å². The Bertz CT molecular complexity index is 461. The number of ether oxygens (including phenoxy) is 2. The SMILES string of the molecule is CCOc1ccccc1OCC(=O)N[C@H]1CCCC[C@H]1C. The van der Waals surface area contributed by atoms with Gasteiger partial charge in [-0.3, -0.25) is 4.79 Å². The van der Waals surface area contributed by atoms with Crippen LogP contribution < -0.4 is 14.8 Å². The zero-order chi connectivity index (χ0) is 15.1. The van der Waals surface area contributed by atoms with Gasteiger partial charge in [-0.1, -0.05) is 31.9 Å². The second-order valence-electron chi connectivity index (χ2n) is 5.60. The van der Waals surface area contributed by atoms with Crippen molar-refractivity contribution in [2.24, 2.45) is 5.92 Å². The van der Waals surface area contributed by atoms with Crippen LogP contribution in [0.4, 0.5) is 0 Å². The Morgan fingerprint density at radius 1 is 1.19 bits per heavy atom. The molecule has 0 spiro atoms. The molecule has 0 heterocycles. The molecule has 1 aromatic rings. The van der Waals surface area contributed by atoms with Crippen molar-refractivity contribution < 1.29 is 14.3 Å². The fraction of sp³-hybridized carbons (Fsp3) is 0.588. The van der Waals surface area contributed by atoms with Gasteiger partial charge in [-0.05, 0) is 37.8 Å². The molecule has 2 atom stereocenters. The molecular weight excluding hydrogens is 266 g/mol. The average molecular weight is 291 g/mol. The third kappa shape index (κ3) is 4.66. The van der Waals surface area contributed by atoms with E-state index >= 15 is 0 Å². The van der Waals surface area contributed by atoms with Crippen molar-refractivity contribution in [3.05, 3.63) is 24.3 Å². The fourth-order valence-electron chi connectivity index (χ4n) is 2.77. The van der Waals surface area contributed by atoms with Gasteiger partial charge in [0.2, 0.25) is 0 Å². The molecule has 0 aromatic heterocycles. The van der Waals surface area contributed by atoms with E-state index < -0.39 is 0 Å². The highest BCUT2D eigenvalue weighted by Crippen LogP contribution is 2.26. The van der Waals surface area contributed by atoms with Crippen molar-refractivity contribution in [3.63, 3.8) is 0 Å². The number of carbonyl (C=O) groups excluding carboxylic acids is 1. The highest BCUT2D eigenvalue weighted by atomic mass is 16.5. The van der Waals surface area contributed by atoms with Crippen LogP contribution >= 0.6 is 0 Å². The second-order valence-corrected chi connectivity index (χ2v) is 5.60. The highest BCUT2D eigenvalue weighted by molar-refractivity contribution is 5.78. The largest absolute Gasteiger partial charge is 0.490 e. The number of amides is 1. The summed E-state index contributed by atoms with van der Waals surface area (Å²) in [6.45, 7) is 4.74. The van der Waals surface area contributed by atoms with E-state index in [0.717, 1.165) is 6.42 Å². The van der Waals surface area contributed by atoms with E-state index in [2.05, 4.69) is 12.2 Å². The first-order chi connectivity index (χ1) is 10.2. The molecular formula is C17H25NO3. The summed E-state index contributed by atoms with van der Waals surface area (Å²) in [5.74, 6) is 1.79. The Labute approximate surface area is 126 Å². The van der Waals surface area contributed by atoms with Gasteiger partial charge in [0.05, 0.1) is 6.61 Å².